The van der Waals surface area contributed by atoms with Gasteiger partial charge in [0.05, 0.1) is 12.1 Å². The summed E-state index contributed by atoms with van der Waals surface area (Å²) in [5.41, 5.74) is 0. The van der Waals surface area contributed by atoms with E-state index in [1.54, 1.807) is 0 Å². The van der Waals surface area contributed by atoms with Crippen LogP contribution in [0.1, 0.15) is 38.5 Å². The molecule has 2 aliphatic heterocycles. The summed E-state index contributed by atoms with van der Waals surface area (Å²) in [5.74, 6) is 0.163. The van der Waals surface area contributed by atoms with Crippen molar-refractivity contribution < 1.29 is 19.5 Å². The Balaban J connectivity index is 1.44. The monoisotopic (exact) mass is 358 g/mol. The average molecular weight is 358 g/mol. The van der Waals surface area contributed by atoms with Crippen molar-refractivity contribution in [2.24, 2.45) is 0 Å². The number of carbonyl (C=O) groups excluding carboxylic acids is 2. The molecule has 2 saturated heterocycles. The molecule has 2 fully saturated rings. The van der Waals surface area contributed by atoms with Crippen LogP contribution in [0.15, 0.2) is 0 Å². The summed E-state index contributed by atoms with van der Waals surface area (Å²) in [6.45, 7) is 1.12. The van der Waals surface area contributed by atoms with Gasteiger partial charge in [0.2, 0.25) is 0 Å². The number of aliphatic carboxylic acids is 1. The van der Waals surface area contributed by atoms with Crippen LogP contribution in [0, 0.1) is 0 Å². The quantitative estimate of drug-likeness (QED) is 0.293. The third-order valence-corrected chi connectivity index (χ3v) is 5.75. The molecule has 1 unspecified atom stereocenters. The van der Waals surface area contributed by atoms with Gasteiger partial charge in [-0.15, -0.1) is 0 Å². The molecule has 4 amide bonds. The number of rotatable bonds is 10. The number of fused-ring (bicyclic) bond motifs is 1. The van der Waals surface area contributed by atoms with Crippen molar-refractivity contribution in [1.29, 1.82) is 0 Å². The molecule has 0 spiro atoms. The number of carboxylic acids is 1. The average Bonchev–Trinajstić information content (AvgIpc) is 3.06. The minimum Gasteiger partial charge on any atom is -0.481 e. The van der Waals surface area contributed by atoms with E-state index in [2.05, 4.69) is 21.3 Å². The predicted octanol–water partition coefficient (Wildman–Crippen LogP) is 0.876. The highest BCUT2D eigenvalue weighted by atomic mass is 32.2. The second-order valence-electron chi connectivity index (χ2n) is 6.15. The highest BCUT2D eigenvalue weighted by Crippen LogP contribution is 2.32. The second kappa shape index (κ2) is 9.61. The van der Waals surface area contributed by atoms with Crippen LogP contribution < -0.4 is 21.3 Å². The van der Waals surface area contributed by atoms with E-state index < -0.39 is 5.97 Å². The van der Waals surface area contributed by atoms with Crippen LogP contribution in [0.2, 0.25) is 0 Å². The van der Waals surface area contributed by atoms with Crippen molar-refractivity contribution in [2.75, 3.05) is 18.8 Å². The minimum absolute atomic E-state index is 0.0583. The Bertz CT molecular complexity index is 463. The zero-order valence-electron chi connectivity index (χ0n) is 13.7. The molecule has 3 atom stereocenters. The fourth-order valence-electron chi connectivity index (χ4n) is 2.98. The smallest absolute Gasteiger partial charge is 0.315 e. The third-order valence-electron chi connectivity index (χ3n) is 4.24. The lowest BCUT2D eigenvalue weighted by molar-refractivity contribution is -0.137. The molecule has 0 aromatic rings. The minimum atomic E-state index is -0.806. The number of amides is 4. The zero-order valence-corrected chi connectivity index (χ0v) is 14.5. The number of nitrogens with one attached hydrogen (secondary N) is 4. The Kier molecular flexibility index (Phi) is 7.48. The highest BCUT2D eigenvalue weighted by molar-refractivity contribution is 8.00. The molecule has 5 N–H and O–H groups in total. The molecule has 0 bridgehead atoms. The van der Waals surface area contributed by atoms with Crippen molar-refractivity contribution in [2.45, 2.75) is 55.9 Å². The molecule has 0 aliphatic carbocycles. The van der Waals surface area contributed by atoms with Crippen LogP contribution in [0.5, 0.6) is 0 Å². The lowest BCUT2D eigenvalue weighted by Gasteiger charge is -2.16. The van der Waals surface area contributed by atoms with Gasteiger partial charge in [0.15, 0.2) is 0 Å². The Hall–Kier alpha value is -1.64. The summed E-state index contributed by atoms with van der Waals surface area (Å²) < 4.78 is 0. The lowest BCUT2D eigenvalue weighted by atomic mass is 10.0. The number of hydrogen-bond acceptors (Lipinski definition) is 4. The maximum Gasteiger partial charge on any atom is 0.315 e. The predicted molar refractivity (Wildman–Crippen MR) is 92.2 cm³/mol. The van der Waals surface area contributed by atoms with E-state index in [1.165, 1.54) is 0 Å². The summed E-state index contributed by atoms with van der Waals surface area (Å²) in [4.78, 5) is 33.2. The van der Waals surface area contributed by atoms with Gasteiger partial charge in [-0.1, -0.05) is 6.42 Å². The van der Waals surface area contributed by atoms with Crippen molar-refractivity contribution >= 4 is 29.8 Å². The largest absolute Gasteiger partial charge is 0.481 e. The Labute approximate surface area is 145 Å². The first-order valence-electron chi connectivity index (χ1n) is 8.48. The van der Waals surface area contributed by atoms with Crippen LogP contribution in [0.4, 0.5) is 9.59 Å². The molecule has 2 aliphatic rings. The summed E-state index contributed by atoms with van der Waals surface area (Å²) in [6.07, 6.45) is 4.33. The first-order chi connectivity index (χ1) is 11.6. The third kappa shape index (κ3) is 6.10. The first kappa shape index (κ1) is 18.7. The molecule has 9 heteroatoms. The summed E-state index contributed by atoms with van der Waals surface area (Å²) in [6, 6.07) is 0.243. The van der Waals surface area contributed by atoms with Gasteiger partial charge in [-0.05, 0) is 25.7 Å². The van der Waals surface area contributed by atoms with Gasteiger partial charge < -0.3 is 26.4 Å². The van der Waals surface area contributed by atoms with Gasteiger partial charge in [-0.25, -0.2) is 9.59 Å². The Morgan fingerprint density at radius 2 is 1.83 bits per heavy atom. The summed E-state index contributed by atoms with van der Waals surface area (Å²) >= 11 is 1.90. The number of unbranched alkanes of at least 4 members (excludes halogenated alkanes) is 2. The Morgan fingerprint density at radius 1 is 1.12 bits per heavy atom. The lowest BCUT2D eigenvalue weighted by Crippen LogP contribution is -2.37. The van der Waals surface area contributed by atoms with Crippen LogP contribution >= 0.6 is 11.8 Å². The molecule has 0 aromatic carbocycles. The summed E-state index contributed by atoms with van der Waals surface area (Å²) in [5, 5.41) is 20.4. The highest BCUT2D eigenvalue weighted by Gasteiger charge is 2.42. The van der Waals surface area contributed by atoms with Crippen molar-refractivity contribution in [3.05, 3.63) is 0 Å². The standard InChI is InChI=1S/C15H26N4O4S/c20-12(21)6-2-4-8-17-14(22)16-7-3-1-5-11-13-10(9-24-11)18-15(23)19-13/h10-11,13H,1-9H2,(H,20,21)(H2,16,17,22)(H2,18,19,23)/t10-,11?,13-/m0/s1. The van der Waals surface area contributed by atoms with E-state index in [0.29, 0.717) is 31.2 Å². The van der Waals surface area contributed by atoms with Crippen LogP contribution in [0.3, 0.4) is 0 Å². The molecule has 0 saturated carbocycles. The van der Waals surface area contributed by atoms with Gasteiger partial charge in [0.1, 0.15) is 0 Å². The van der Waals surface area contributed by atoms with E-state index in [0.717, 1.165) is 25.0 Å². The topological polar surface area (TPSA) is 120 Å². The number of carbonyl (C=O) groups is 3. The molecule has 2 heterocycles. The second-order valence-corrected chi connectivity index (χ2v) is 7.42. The van der Waals surface area contributed by atoms with Gasteiger partial charge in [0, 0.05) is 30.5 Å². The van der Waals surface area contributed by atoms with Gasteiger partial charge in [-0.2, -0.15) is 11.8 Å². The van der Waals surface area contributed by atoms with Crippen LogP contribution in [0.25, 0.3) is 0 Å². The van der Waals surface area contributed by atoms with Crippen molar-refractivity contribution in [1.82, 2.24) is 21.3 Å². The van der Waals surface area contributed by atoms with Crippen molar-refractivity contribution in [3.63, 3.8) is 0 Å². The molecule has 2 rings (SSSR count). The van der Waals surface area contributed by atoms with Gasteiger partial charge in [0.25, 0.3) is 0 Å². The summed E-state index contributed by atoms with van der Waals surface area (Å²) in [7, 11) is 0. The number of hydrogen-bond donors (Lipinski definition) is 5. The van der Waals surface area contributed by atoms with Crippen LogP contribution in [-0.2, 0) is 4.79 Å². The molecule has 0 radical (unpaired) electrons. The van der Waals surface area contributed by atoms with E-state index in [4.69, 9.17) is 5.11 Å². The van der Waals surface area contributed by atoms with Crippen LogP contribution in [-0.4, -0.2) is 59.3 Å². The Morgan fingerprint density at radius 3 is 2.54 bits per heavy atom. The molecular formula is C15H26N4O4S. The van der Waals surface area contributed by atoms with E-state index in [1.807, 2.05) is 11.8 Å². The van der Waals surface area contributed by atoms with Gasteiger partial charge in [-0.3, -0.25) is 4.79 Å². The molecule has 8 nitrogen and oxygen atoms in total. The molecular weight excluding hydrogens is 332 g/mol. The van der Waals surface area contributed by atoms with E-state index in [9.17, 15) is 14.4 Å². The number of carboxylic acid groups (broad SMARTS) is 1. The fourth-order valence-corrected chi connectivity index (χ4v) is 4.52. The maximum atomic E-state index is 11.5. The van der Waals surface area contributed by atoms with E-state index >= 15 is 0 Å². The number of urea groups is 2. The van der Waals surface area contributed by atoms with E-state index in [-0.39, 0.29) is 30.6 Å². The SMILES string of the molecule is O=C(O)CCCCNC(=O)NCCCCC1SC[C@@H]2NC(=O)N[C@H]12. The fraction of sp³-hybridized carbons (Fsp3) is 0.800. The molecule has 136 valence electrons. The zero-order chi connectivity index (χ0) is 17.4. The van der Waals surface area contributed by atoms with Crippen molar-refractivity contribution in [3.8, 4) is 0 Å². The van der Waals surface area contributed by atoms with Gasteiger partial charge >= 0.3 is 18.0 Å². The molecule has 0 aromatic heterocycles. The molecule has 24 heavy (non-hydrogen) atoms. The number of thioether (sulfide) groups is 1. The first-order valence-corrected chi connectivity index (χ1v) is 9.53. The maximum absolute atomic E-state index is 11.5. The normalized spacial score (nSPS) is 24.8.